The van der Waals surface area contributed by atoms with Gasteiger partial charge < -0.3 is 4.74 Å². The number of carbonyl (C=O) groups is 1. The van der Waals surface area contributed by atoms with Crippen LogP contribution in [-0.4, -0.2) is 22.4 Å². The summed E-state index contributed by atoms with van der Waals surface area (Å²) in [7, 11) is 0. The van der Waals surface area contributed by atoms with Crippen molar-refractivity contribution in [2.24, 2.45) is 5.92 Å². The zero-order valence-electron chi connectivity index (χ0n) is 14.8. The van der Waals surface area contributed by atoms with E-state index in [9.17, 15) is 25.0 Å². The van der Waals surface area contributed by atoms with E-state index in [4.69, 9.17) is 4.74 Å². The summed E-state index contributed by atoms with van der Waals surface area (Å²) >= 11 is 0. The number of carbonyl (C=O) groups excluding carboxylic acids is 1. The van der Waals surface area contributed by atoms with Gasteiger partial charge in [0.05, 0.1) is 4.92 Å². The van der Waals surface area contributed by atoms with Crippen LogP contribution in [0, 0.1) is 26.1 Å². The maximum atomic E-state index is 12.0. The van der Waals surface area contributed by atoms with Gasteiger partial charge in [0.15, 0.2) is 0 Å². The SMILES string of the molecule is CCC(C/C=C(/C(=O)Oc1ccccc1)[N+](=O)[O-])CCCCC[N+](=O)[O-]. The highest BCUT2D eigenvalue weighted by Gasteiger charge is 2.24. The Bertz CT molecular complexity index is 630. The van der Waals surface area contributed by atoms with Crippen LogP contribution in [0.25, 0.3) is 0 Å². The fourth-order valence-electron chi connectivity index (χ4n) is 2.50. The summed E-state index contributed by atoms with van der Waals surface area (Å²) < 4.78 is 5.03. The van der Waals surface area contributed by atoms with Crippen LogP contribution in [-0.2, 0) is 4.79 Å². The number of ether oxygens (including phenoxy) is 1. The number of unbranched alkanes of at least 4 members (excludes halogenated alkanes) is 2. The second-order valence-electron chi connectivity index (χ2n) is 5.96. The third-order valence-corrected chi connectivity index (χ3v) is 4.03. The number of para-hydroxylation sites is 1. The minimum Gasteiger partial charge on any atom is -0.418 e. The third-order valence-electron chi connectivity index (χ3n) is 4.03. The molecule has 0 radical (unpaired) electrons. The Morgan fingerprint density at radius 1 is 1.15 bits per heavy atom. The van der Waals surface area contributed by atoms with Crippen molar-refractivity contribution in [1.82, 2.24) is 0 Å². The van der Waals surface area contributed by atoms with Crippen molar-refractivity contribution in [3.8, 4) is 5.75 Å². The Labute approximate surface area is 152 Å². The molecule has 0 aliphatic heterocycles. The fraction of sp³-hybridized carbons (Fsp3) is 0.500. The van der Waals surface area contributed by atoms with Gasteiger partial charge in [-0.1, -0.05) is 44.4 Å². The van der Waals surface area contributed by atoms with Gasteiger partial charge in [0, 0.05) is 17.4 Å². The first kappa shape index (κ1) is 21.3. The van der Waals surface area contributed by atoms with Crippen molar-refractivity contribution in [2.45, 2.75) is 45.4 Å². The molecular formula is C18H24N2O6. The molecule has 0 saturated heterocycles. The highest BCUT2D eigenvalue weighted by Crippen LogP contribution is 2.20. The van der Waals surface area contributed by atoms with Gasteiger partial charge in [-0.15, -0.1) is 0 Å². The van der Waals surface area contributed by atoms with E-state index in [2.05, 4.69) is 0 Å². The lowest BCUT2D eigenvalue weighted by molar-refractivity contribution is -0.480. The minimum atomic E-state index is -0.984. The van der Waals surface area contributed by atoms with Gasteiger partial charge >= 0.3 is 11.7 Å². The van der Waals surface area contributed by atoms with E-state index in [0.29, 0.717) is 12.8 Å². The highest BCUT2D eigenvalue weighted by molar-refractivity contribution is 5.87. The lowest BCUT2D eigenvalue weighted by Gasteiger charge is -2.11. The van der Waals surface area contributed by atoms with Crippen LogP contribution in [0.1, 0.15) is 45.4 Å². The third kappa shape index (κ3) is 8.36. The average Bonchev–Trinajstić information content (AvgIpc) is 2.60. The zero-order valence-corrected chi connectivity index (χ0v) is 14.8. The summed E-state index contributed by atoms with van der Waals surface area (Å²) in [6, 6.07) is 8.19. The lowest BCUT2D eigenvalue weighted by atomic mass is 9.95. The molecule has 0 aliphatic rings. The molecule has 0 N–H and O–H groups in total. The molecule has 26 heavy (non-hydrogen) atoms. The van der Waals surface area contributed by atoms with Crippen molar-refractivity contribution >= 4 is 5.97 Å². The van der Waals surface area contributed by atoms with Crippen molar-refractivity contribution in [3.63, 3.8) is 0 Å². The van der Waals surface area contributed by atoms with E-state index in [1.54, 1.807) is 30.3 Å². The number of hydrogen-bond acceptors (Lipinski definition) is 6. The number of nitrogens with zero attached hydrogens (tertiary/aromatic N) is 2. The van der Waals surface area contributed by atoms with Crippen LogP contribution >= 0.6 is 0 Å². The number of rotatable bonds is 12. The molecule has 1 aromatic rings. The average molecular weight is 364 g/mol. The Morgan fingerprint density at radius 2 is 1.85 bits per heavy atom. The molecule has 0 aromatic heterocycles. The summed E-state index contributed by atoms with van der Waals surface area (Å²) in [5.74, 6) is -0.546. The van der Waals surface area contributed by atoms with E-state index in [0.717, 1.165) is 25.7 Å². The van der Waals surface area contributed by atoms with E-state index in [1.807, 2.05) is 6.92 Å². The van der Waals surface area contributed by atoms with Crippen molar-refractivity contribution in [3.05, 3.63) is 62.3 Å². The van der Waals surface area contributed by atoms with Gasteiger partial charge in [0.25, 0.3) is 0 Å². The van der Waals surface area contributed by atoms with Crippen LogP contribution in [0.15, 0.2) is 42.1 Å². The molecule has 8 nitrogen and oxygen atoms in total. The standard InChI is InChI=1S/C18H24N2O6/c1-2-15(9-5-4-8-14-19(22)23)12-13-17(20(24)25)18(21)26-16-10-6-3-7-11-16/h3,6-7,10-11,13,15H,2,4-5,8-9,12,14H2,1H3/b17-13-. The van der Waals surface area contributed by atoms with E-state index in [-0.39, 0.29) is 23.1 Å². The second-order valence-corrected chi connectivity index (χ2v) is 5.96. The van der Waals surface area contributed by atoms with Crippen LogP contribution in [0.3, 0.4) is 0 Å². The van der Waals surface area contributed by atoms with Crippen LogP contribution in [0.2, 0.25) is 0 Å². The molecular weight excluding hydrogens is 340 g/mol. The molecule has 0 spiro atoms. The maximum absolute atomic E-state index is 12.0. The van der Waals surface area contributed by atoms with Crippen LogP contribution in [0.5, 0.6) is 5.75 Å². The smallest absolute Gasteiger partial charge is 0.414 e. The number of nitro groups is 2. The Hall–Kier alpha value is -2.77. The first-order chi connectivity index (χ1) is 12.4. The van der Waals surface area contributed by atoms with Crippen LogP contribution in [0.4, 0.5) is 0 Å². The van der Waals surface area contributed by atoms with Crippen molar-refractivity contribution in [2.75, 3.05) is 6.54 Å². The summed E-state index contributed by atoms with van der Waals surface area (Å²) in [5, 5.41) is 21.4. The Balaban J connectivity index is 2.56. The second kappa shape index (κ2) is 11.7. The topological polar surface area (TPSA) is 113 Å². The zero-order chi connectivity index (χ0) is 19.4. The summed E-state index contributed by atoms with van der Waals surface area (Å²) in [6.45, 7) is 1.94. The molecule has 0 heterocycles. The van der Waals surface area contributed by atoms with Gasteiger partial charge in [-0.3, -0.25) is 20.2 Å². The molecule has 0 bridgehead atoms. The number of hydrogen-bond donors (Lipinski definition) is 0. The Morgan fingerprint density at radius 3 is 2.42 bits per heavy atom. The molecule has 1 atom stereocenters. The molecule has 0 aliphatic carbocycles. The maximum Gasteiger partial charge on any atom is 0.414 e. The summed E-state index contributed by atoms with van der Waals surface area (Å²) in [6.07, 6.45) is 5.43. The first-order valence-corrected chi connectivity index (χ1v) is 8.67. The van der Waals surface area contributed by atoms with Crippen molar-refractivity contribution in [1.29, 1.82) is 0 Å². The predicted molar refractivity (Wildman–Crippen MR) is 95.9 cm³/mol. The molecule has 8 heteroatoms. The highest BCUT2D eigenvalue weighted by atomic mass is 16.6. The Kier molecular flexibility index (Phi) is 9.59. The molecule has 1 rings (SSSR count). The van der Waals surface area contributed by atoms with Crippen molar-refractivity contribution < 1.29 is 19.4 Å². The number of allylic oxidation sites excluding steroid dienone is 1. The predicted octanol–water partition coefficient (Wildman–Crippen LogP) is 4.01. The molecule has 1 unspecified atom stereocenters. The number of benzene rings is 1. The lowest BCUT2D eigenvalue weighted by Crippen LogP contribution is -2.18. The summed E-state index contributed by atoms with van der Waals surface area (Å²) in [5.41, 5.74) is -0.569. The monoisotopic (exact) mass is 364 g/mol. The van der Waals surface area contributed by atoms with Gasteiger partial charge in [-0.25, -0.2) is 4.79 Å². The minimum absolute atomic E-state index is 0.0342. The van der Waals surface area contributed by atoms with Crippen LogP contribution < -0.4 is 4.74 Å². The normalized spacial score (nSPS) is 12.4. The summed E-state index contributed by atoms with van der Waals surface area (Å²) in [4.78, 5) is 32.4. The van der Waals surface area contributed by atoms with E-state index < -0.39 is 16.6 Å². The largest absolute Gasteiger partial charge is 0.418 e. The van der Waals surface area contributed by atoms with Gasteiger partial charge in [-0.2, -0.15) is 0 Å². The van der Waals surface area contributed by atoms with Gasteiger partial charge in [-0.05, 0) is 30.9 Å². The molecule has 0 saturated carbocycles. The van der Waals surface area contributed by atoms with Gasteiger partial charge in [0.2, 0.25) is 6.54 Å². The van der Waals surface area contributed by atoms with E-state index in [1.165, 1.54) is 6.08 Å². The molecule has 0 amide bonds. The quantitative estimate of drug-likeness (QED) is 0.138. The molecule has 0 fully saturated rings. The van der Waals surface area contributed by atoms with Gasteiger partial charge in [0.1, 0.15) is 5.75 Å². The first-order valence-electron chi connectivity index (χ1n) is 8.67. The molecule has 1 aromatic carbocycles. The number of esters is 1. The molecule has 142 valence electrons. The fourth-order valence-corrected chi connectivity index (χ4v) is 2.50. The van der Waals surface area contributed by atoms with E-state index >= 15 is 0 Å².